The van der Waals surface area contributed by atoms with Crippen LogP contribution in [0, 0.1) is 56.7 Å². The summed E-state index contributed by atoms with van der Waals surface area (Å²) in [5.74, 6) is 1.23. The molecular weight excluding hydrogens is 651 g/mol. The molecule has 2 bridgehead atoms. The highest BCUT2D eigenvalue weighted by Crippen LogP contribution is 2.75. The molecule has 2 saturated heterocycles. The number of hydrogen-bond donors (Lipinski definition) is 1. The summed E-state index contributed by atoms with van der Waals surface area (Å²) in [4.78, 5) is 25.2. The lowest BCUT2D eigenvalue weighted by atomic mass is 9.34. The van der Waals surface area contributed by atoms with Crippen molar-refractivity contribution in [3.63, 3.8) is 0 Å². The highest BCUT2D eigenvalue weighted by Gasteiger charge is 2.72. The Kier molecular flexibility index (Phi) is 8.90. The third-order valence-corrected chi connectivity index (χ3v) is 17.0. The van der Waals surface area contributed by atoms with E-state index in [0.29, 0.717) is 37.0 Å². The van der Waals surface area contributed by atoms with Gasteiger partial charge in [-0.15, -0.1) is 0 Å². The predicted molar refractivity (Wildman–Crippen MR) is 201 cm³/mol. The lowest BCUT2D eigenvalue weighted by molar-refractivity contribution is -0.253. The largest absolute Gasteiger partial charge is 0.481 e. The molecule has 6 aliphatic rings. The number of aliphatic carboxylic acids is 1. The number of carboxylic acid groups (broad SMARTS) is 1. The summed E-state index contributed by atoms with van der Waals surface area (Å²) >= 11 is 0. The first-order valence-electron chi connectivity index (χ1n) is 20.3. The smallest absolute Gasteiger partial charge is 0.307 e. The van der Waals surface area contributed by atoms with Crippen molar-refractivity contribution in [3.8, 4) is 11.4 Å². The Bertz CT molecular complexity index is 1690. The first kappa shape index (κ1) is 36.4. The van der Waals surface area contributed by atoms with E-state index >= 15 is 0 Å². The molecule has 9 nitrogen and oxygen atoms in total. The monoisotopic (exact) mass is 713 g/mol. The number of fused-ring (bicyclic) bond motifs is 3. The van der Waals surface area contributed by atoms with Gasteiger partial charge in [0.1, 0.15) is 6.33 Å². The average molecular weight is 714 g/mol. The fourth-order valence-electron chi connectivity index (χ4n) is 13.7. The summed E-state index contributed by atoms with van der Waals surface area (Å²) in [6.07, 6.45) is 16.0. The quantitative estimate of drug-likeness (QED) is 0.275. The van der Waals surface area contributed by atoms with E-state index < -0.39 is 11.9 Å². The first-order chi connectivity index (χ1) is 24.7. The first-order valence-corrected chi connectivity index (χ1v) is 20.3. The van der Waals surface area contributed by atoms with E-state index in [1.807, 2.05) is 24.5 Å². The minimum Gasteiger partial charge on any atom is -0.481 e. The number of nitrogens with zero attached hydrogens (tertiary/aromatic N) is 5. The number of aromatic nitrogens is 4. The fraction of sp³-hybridized carbons (Fsp3) is 0.767. The molecule has 284 valence electrons. The van der Waals surface area contributed by atoms with Crippen LogP contribution in [0.5, 0.6) is 0 Å². The predicted octanol–water partition coefficient (Wildman–Crippen LogP) is 7.95. The number of carboxylic acids is 1. The number of pyridine rings is 1. The summed E-state index contributed by atoms with van der Waals surface area (Å²) in [5, 5.41) is 16.2. The van der Waals surface area contributed by atoms with Gasteiger partial charge >= 0.3 is 5.97 Å². The van der Waals surface area contributed by atoms with E-state index in [4.69, 9.17) is 19.6 Å². The number of ether oxygens (including phenoxy) is 2. The second-order valence-electron chi connectivity index (χ2n) is 19.4. The van der Waals surface area contributed by atoms with Crippen molar-refractivity contribution in [2.45, 2.75) is 118 Å². The van der Waals surface area contributed by atoms with Crippen LogP contribution < -0.4 is 0 Å². The van der Waals surface area contributed by atoms with Gasteiger partial charge in [-0.2, -0.15) is 5.10 Å². The molecule has 4 heterocycles. The number of hydrogen-bond acceptors (Lipinski definition) is 7. The molecule has 0 amide bonds. The van der Waals surface area contributed by atoms with Crippen LogP contribution in [0.25, 0.3) is 11.4 Å². The van der Waals surface area contributed by atoms with Gasteiger partial charge in [-0.1, -0.05) is 60.1 Å². The molecule has 52 heavy (non-hydrogen) atoms. The van der Waals surface area contributed by atoms with Crippen LogP contribution in [0.1, 0.15) is 106 Å². The zero-order valence-electron chi connectivity index (χ0n) is 33.0. The van der Waals surface area contributed by atoms with Crippen LogP contribution >= 0.6 is 0 Å². The Balaban J connectivity index is 1.28. The van der Waals surface area contributed by atoms with Gasteiger partial charge < -0.3 is 19.5 Å². The molecule has 0 aromatic carbocycles. The molecule has 0 spiro atoms. The van der Waals surface area contributed by atoms with Crippen LogP contribution in [-0.4, -0.2) is 81.3 Å². The molecule has 2 aromatic heterocycles. The van der Waals surface area contributed by atoms with E-state index in [0.717, 1.165) is 69.5 Å². The molecule has 0 unspecified atom stereocenters. The van der Waals surface area contributed by atoms with Crippen LogP contribution in [-0.2, 0) is 14.3 Å². The molecule has 3 saturated carbocycles. The topological polar surface area (TPSA) is 103 Å². The molecule has 9 heteroatoms. The zero-order chi connectivity index (χ0) is 36.8. The Hall–Kier alpha value is -2.62. The van der Waals surface area contributed by atoms with Gasteiger partial charge in [0.05, 0.1) is 37.9 Å². The molecule has 4 aliphatic carbocycles. The van der Waals surface area contributed by atoms with Crippen molar-refractivity contribution in [1.82, 2.24) is 24.6 Å². The SMILES string of the molecule is CC(C)[C@@H](C)[C@@]1(C)CC[C@]2(C)[C@H]3CC[C@@H]4[C@@]5(C)COC[C@@]4(C3=CC[C@@]2(C)[C@@H]1C(=O)O)[C@@H](OC[C@@H]1CCCN1C)[C@H](n1ncnc1-c1ccncc1)C5. The van der Waals surface area contributed by atoms with Gasteiger partial charge in [-0.05, 0) is 122 Å². The number of likely N-dealkylation sites (tertiary alicyclic amines) is 1. The van der Waals surface area contributed by atoms with Gasteiger partial charge in [0, 0.05) is 29.4 Å². The van der Waals surface area contributed by atoms with Crippen molar-refractivity contribution in [2.75, 3.05) is 33.4 Å². The minimum atomic E-state index is -0.616. The average Bonchev–Trinajstić information content (AvgIpc) is 3.77. The molecule has 1 N–H and O–H groups in total. The van der Waals surface area contributed by atoms with Crippen molar-refractivity contribution >= 4 is 5.97 Å². The highest BCUT2D eigenvalue weighted by molar-refractivity contribution is 5.73. The van der Waals surface area contributed by atoms with Gasteiger partial charge in [0.2, 0.25) is 0 Å². The van der Waals surface area contributed by atoms with Gasteiger partial charge in [-0.25, -0.2) is 9.67 Å². The maximum Gasteiger partial charge on any atom is 0.307 e. The summed E-state index contributed by atoms with van der Waals surface area (Å²) in [5.41, 5.74) is 1.29. The lowest BCUT2D eigenvalue weighted by Crippen LogP contribution is -2.70. The second-order valence-corrected chi connectivity index (χ2v) is 19.4. The van der Waals surface area contributed by atoms with Crippen LogP contribution in [0.15, 0.2) is 42.5 Å². The van der Waals surface area contributed by atoms with E-state index in [1.54, 1.807) is 6.33 Å². The van der Waals surface area contributed by atoms with Gasteiger partial charge in [0.15, 0.2) is 5.82 Å². The Morgan fingerprint density at radius 1 is 1.06 bits per heavy atom. The third kappa shape index (κ3) is 5.03. The van der Waals surface area contributed by atoms with Crippen LogP contribution in [0.2, 0.25) is 0 Å². The minimum absolute atomic E-state index is 0.0309. The van der Waals surface area contributed by atoms with Crippen molar-refractivity contribution in [3.05, 3.63) is 42.5 Å². The second kappa shape index (κ2) is 12.7. The molecule has 5 fully saturated rings. The third-order valence-electron chi connectivity index (χ3n) is 17.0. The maximum atomic E-state index is 13.6. The Morgan fingerprint density at radius 3 is 2.52 bits per heavy atom. The molecular formula is C43H63N5O4. The van der Waals surface area contributed by atoms with Crippen molar-refractivity contribution < 1.29 is 19.4 Å². The van der Waals surface area contributed by atoms with Gasteiger partial charge in [-0.3, -0.25) is 9.78 Å². The van der Waals surface area contributed by atoms with E-state index in [1.165, 1.54) is 12.0 Å². The fourth-order valence-corrected chi connectivity index (χ4v) is 13.7. The summed E-state index contributed by atoms with van der Waals surface area (Å²) < 4.78 is 16.5. The van der Waals surface area contributed by atoms with Crippen molar-refractivity contribution in [1.29, 1.82) is 0 Å². The number of allylic oxidation sites excluding steroid dienone is 1. The Labute approximate surface area is 311 Å². The number of rotatable bonds is 8. The Morgan fingerprint density at radius 2 is 1.83 bits per heavy atom. The van der Waals surface area contributed by atoms with E-state index in [9.17, 15) is 9.90 Å². The zero-order valence-corrected chi connectivity index (χ0v) is 33.0. The summed E-state index contributed by atoms with van der Waals surface area (Å²) in [7, 11) is 2.23. The molecule has 8 rings (SSSR count). The maximum absolute atomic E-state index is 13.6. The number of carbonyl (C=O) groups is 1. The highest BCUT2D eigenvalue weighted by atomic mass is 16.5. The van der Waals surface area contributed by atoms with Crippen molar-refractivity contribution in [2.24, 2.45) is 56.7 Å². The normalized spacial score (nSPS) is 43.7. The summed E-state index contributed by atoms with van der Waals surface area (Å²) in [6, 6.07) is 4.41. The lowest BCUT2D eigenvalue weighted by Gasteiger charge is -2.71. The van der Waals surface area contributed by atoms with Crippen LogP contribution in [0.4, 0.5) is 0 Å². The molecule has 2 aliphatic heterocycles. The number of likely N-dealkylation sites (N-methyl/N-ethyl adjacent to an activating group) is 1. The molecule has 0 radical (unpaired) electrons. The molecule has 2 aromatic rings. The standard InChI is InChI=1S/C43H63N5O4/c1-27(2)28(3)40(5)17-18-41(6)31-11-12-34-39(4)22-33(48-37(45-26-46-48)29-14-19-44-20-15-29)36(52-23-30-10-9-21-47(30)8)43(34,25-51-24-39)32(31)13-16-42(41,7)35(40)38(49)50/h13-15,19-20,26-28,30-31,33-36H,9-12,16-18,21-25H2,1-8H3,(H,49,50)/t28-,30+,31+,33-,34-,35-,36+,39-,40-,41-,42+,43+/m1/s1. The van der Waals surface area contributed by atoms with Crippen LogP contribution in [0.3, 0.4) is 0 Å². The molecule has 12 atom stereocenters. The van der Waals surface area contributed by atoms with E-state index in [-0.39, 0.29) is 45.1 Å². The summed E-state index contributed by atoms with van der Waals surface area (Å²) in [6.45, 7) is 19.6. The van der Waals surface area contributed by atoms with E-state index in [2.05, 4.69) is 76.2 Å². The van der Waals surface area contributed by atoms with Gasteiger partial charge in [0.25, 0.3) is 0 Å².